The zero-order chi connectivity index (χ0) is 9.56. The molecule has 6 heteroatoms. The molecule has 1 aromatic rings. The van der Waals surface area contributed by atoms with Crippen LogP contribution in [0.5, 0.6) is 0 Å². The maximum absolute atomic E-state index is 10.5. The van der Waals surface area contributed by atoms with E-state index in [1.54, 1.807) is 12.3 Å². The molecule has 0 bridgehead atoms. The first-order valence-corrected chi connectivity index (χ1v) is 3.59. The monoisotopic (exact) mass is 213 g/mol. The predicted octanol–water partition coefficient (Wildman–Crippen LogP) is 2.36. The number of aliphatic carboxylic acids is 1. The number of carboxylic acid groups (broad SMARTS) is 1. The van der Waals surface area contributed by atoms with Gasteiger partial charge >= 0.3 is 5.97 Å². The number of hydrogen-bond acceptors (Lipinski definition) is 1. The van der Waals surface area contributed by atoms with Crippen LogP contribution >= 0.6 is 23.2 Å². The first-order valence-electron chi connectivity index (χ1n) is 2.84. The molecule has 0 saturated carbocycles. The van der Waals surface area contributed by atoms with Crippen molar-refractivity contribution in [2.45, 2.75) is 0 Å². The van der Waals surface area contributed by atoms with Crippen LogP contribution in [0, 0.1) is 0 Å². The number of aromatic nitrogens is 1. The first-order chi connectivity index (χ1) is 5.57. The van der Waals surface area contributed by atoms with Gasteiger partial charge < -0.3 is 10.1 Å². The van der Waals surface area contributed by atoms with E-state index >= 15 is 0 Å². The summed E-state index contributed by atoms with van der Waals surface area (Å²) in [6, 6.07) is 1.70. The lowest BCUT2D eigenvalue weighted by atomic mass is 10.7. The van der Waals surface area contributed by atoms with Gasteiger partial charge in [0, 0.05) is 6.20 Å². The van der Waals surface area contributed by atoms with Gasteiger partial charge in [-0.05, 0) is 6.07 Å². The average molecular weight is 214 g/mol. The van der Waals surface area contributed by atoms with E-state index < -0.39 is 12.6 Å². The molecule has 0 aliphatic heterocycles. The number of alkyl halides is 1. The second kappa shape index (κ2) is 5.85. The van der Waals surface area contributed by atoms with Crippen molar-refractivity contribution in [3.8, 4) is 0 Å². The number of H-pyrrole nitrogens is 1. The Hall–Kier alpha value is -0.740. The Bertz CT molecular complexity index is 235. The fraction of sp³-hybridized carbons (Fsp3) is 0.167. The number of aromatic amines is 1. The molecule has 68 valence electrons. The second-order valence-electron chi connectivity index (χ2n) is 1.67. The Kier molecular flexibility index (Phi) is 5.49. The summed E-state index contributed by atoms with van der Waals surface area (Å²) >= 11 is 10.9. The van der Waals surface area contributed by atoms with Gasteiger partial charge in [-0.2, -0.15) is 0 Å². The maximum atomic E-state index is 10.5. The topological polar surface area (TPSA) is 53.1 Å². The minimum absolute atomic E-state index is 0.502. The number of hydrogen-bond donors (Lipinski definition) is 2. The van der Waals surface area contributed by atoms with Crippen LogP contribution in [0.4, 0.5) is 4.39 Å². The van der Waals surface area contributed by atoms with Gasteiger partial charge in [-0.25, -0.2) is 9.18 Å². The second-order valence-corrected chi connectivity index (χ2v) is 2.45. The van der Waals surface area contributed by atoms with E-state index in [1.807, 2.05) is 0 Å². The minimum Gasteiger partial charge on any atom is -0.479 e. The predicted molar refractivity (Wildman–Crippen MR) is 44.4 cm³/mol. The maximum Gasteiger partial charge on any atom is 0.335 e. The third-order valence-corrected chi connectivity index (χ3v) is 1.49. The molecule has 3 nitrogen and oxygen atoms in total. The van der Waals surface area contributed by atoms with Gasteiger partial charge in [0.15, 0.2) is 6.67 Å². The summed E-state index contributed by atoms with van der Waals surface area (Å²) in [6.45, 7) is -1.28. The van der Waals surface area contributed by atoms with Crippen molar-refractivity contribution in [2.75, 3.05) is 6.67 Å². The third-order valence-electron chi connectivity index (χ3n) is 0.764. The van der Waals surface area contributed by atoms with Crippen molar-refractivity contribution in [3.05, 3.63) is 22.4 Å². The van der Waals surface area contributed by atoms with E-state index in [0.29, 0.717) is 10.2 Å². The highest BCUT2D eigenvalue weighted by molar-refractivity contribution is 6.41. The Morgan fingerprint density at radius 3 is 2.25 bits per heavy atom. The molecule has 0 spiro atoms. The standard InChI is InChI=1S/C4H3Cl2N.C2H3FO2/c5-3-1-2-7-4(3)6;3-1-2(4)5/h1-2,7H;1H2,(H,4,5). The van der Waals surface area contributed by atoms with E-state index in [4.69, 9.17) is 33.1 Å². The molecule has 0 saturated heterocycles. The van der Waals surface area contributed by atoms with Gasteiger partial charge in [-0.1, -0.05) is 23.2 Å². The molecule has 0 aromatic carbocycles. The molecule has 0 aliphatic rings. The summed E-state index contributed by atoms with van der Waals surface area (Å²) in [5.74, 6) is -1.41. The van der Waals surface area contributed by atoms with E-state index in [-0.39, 0.29) is 0 Å². The van der Waals surface area contributed by atoms with Gasteiger partial charge in [0.25, 0.3) is 0 Å². The fourth-order valence-corrected chi connectivity index (χ4v) is 0.574. The largest absolute Gasteiger partial charge is 0.479 e. The quantitative estimate of drug-likeness (QED) is 0.753. The van der Waals surface area contributed by atoms with Gasteiger partial charge in [0.1, 0.15) is 5.15 Å². The summed E-state index contributed by atoms with van der Waals surface area (Å²) in [5.41, 5.74) is 0. The molecular weight excluding hydrogens is 208 g/mol. The lowest BCUT2D eigenvalue weighted by Gasteiger charge is -1.75. The highest BCUT2D eigenvalue weighted by Crippen LogP contribution is 2.17. The Morgan fingerprint density at radius 1 is 1.67 bits per heavy atom. The molecule has 0 fully saturated rings. The van der Waals surface area contributed by atoms with Gasteiger partial charge in [0.05, 0.1) is 5.02 Å². The van der Waals surface area contributed by atoms with Crippen molar-refractivity contribution < 1.29 is 14.3 Å². The molecular formula is C6H6Cl2FNO2. The molecule has 0 radical (unpaired) electrons. The lowest BCUT2D eigenvalue weighted by molar-refractivity contribution is -0.137. The fourth-order valence-electron chi connectivity index (χ4n) is 0.330. The molecule has 12 heavy (non-hydrogen) atoms. The number of halogens is 3. The number of rotatable bonds is 1. The summed E-state index contributed by atoms with van der Waals surface area (Å²) in [6.07, 6.45) is 1.69. The van der Waals surface area contributed by atoms with Crippen LogP contribution in [0.2, 0.25) is 10.2 Å². The molecule has 1 heterocycles. The Labute approximate surface area is 78.1 Å². The van der Waals surface area contributed by atoms with Crippen LogP contribution < -0.4 is 0 Å². The van der Waals surface area contributed by atoms with Crippen molar-refractivity contribution in [1.82, 2.24) is 4.98 Å². The van der Waals surface area contributed by atoms with Crippen LogP contribution in [0.3, 0.4) is 0 Å². The molecule has 1 aromatic heterocycles. The van der Waals surface area contributed by atoms with Crippen LogP contribution in [-0.2, 0) is 4.79 Å². The number of nitrogens with one attached hydrogen (secondary N) is 1. The van der Waals surface area contributed by atoms with Gasteiger partial charge in [-0.15, -0.1) is 0 Å². The lowest BCUT2D eigenvalue weighted by Crippen LogP contribution is -1.93. The first kappa shape index (κ1) is 11.3. The Morgan fingerprint density at radius 2 is 2.17 bits per heavy atom. The van der Waals surface area contributed by atoms with Crippen LogP contribution in [0.25, 0.3) is 0 Å². The number of carboxylic acids is 1. The van der Waals surface area contributed by atoms with Crippen LogP contribution in [0.15, 0.2) is 12.3 Å². The van der Waals surface area contributed by atoms with E-state index in [2.05, 4.69) is 4.98 Å². The zero-order valence-corrected chi connectivity index (χ0v) is 7.36. The van der Waals surface area contributed by atoms with E-state index in [0.717, 1.165) is 0 Å². The molecule has 0 aliphatic carbocycles. The zero-order valence-electron chi connectivity index (χ0n) is 5.85. The third kappa shape index (κ3) is 4.98. The number of carbonyl (C=O) groups is 1. The molecule has 0 unspecified atom stereocenters. The Balaban J connectivity index is 0.000000217. The summed E-state index contributed by atoms with van der Waals surface area (Å²) in [4.78, 5) is 11.7. The SMILES string of the molecule is Clc1cc[nH]c1Cl.O=C(O)CF. The summed E-state index contributed by atoms with van der Waals surface area (Å²) in [5, 5.41) is 8.42. The van der Waals surface area contributed by atoms with Crippen LogP contribution in [-0.4, -0.2) is 22.7 Å². The van der Waals surface area contributed by atoms with Crippen molar-refractivity contribution in [1.29, 1.82) is 0 Å². The molecule has 0 amide bonds. The molecule has 1 rings (SSSR count). The van der Waals surface area contributed by atoms with Crippen molar-refractivity contribution >= 4 is 29.2 Å². The van der Waals surface area contributed by atoms with Crippen molar-refractivity contribution in [2.24, 2.45) is 0 Å². The van der Waals surface area contributed by atoms with Gasteiger partial charge in [-0.3, -0.25) is 0 Å². The highest BCUT2D eigenvalue weighted by Gasteiger charge is 1.91. The van der Waals surface area contributed by atoms with E-state index in [9.17, 15) is 4.39 Å². The van der Waals surface area contributed by atoms with Crippen LogP contribution in [0.1, 0.15) is 0 Å². The van der Waals surface area contributed by atoms with Gasteiger partial charge in [0.2, 0.25) is 0 Å². The summed E-state index contributed by atoms with van der Waals surface area (Å²) in [7, 11) is 0. The highest BCUT2D eigenvalue weighted by atomic mass is 35.5. The van der Waals surface area contributed by atoms with E-state index in [1.165, 1.54) is 0 Å². The summed E-state index contributed by atoms with van der Waals surface area (Å²) < 4.78 is 10.5. The molecule has 2 N–H and O–H groups in total. The minimum atomic E-state index is -1.41. The normalized spacial score (nSPS) is 8.58. The smallest absolute Gasteiger partial charge is 0.335 e. The average Bonchev–Trinajstić information content (AvgIpc) is 2.37. The van der Waals surface area contributed by atoms with Crippen molar-refractivity contribution in [3.63, 3.8) is 0 Å². The molecule has 0 atom stereocenters.